The molecule has 1 heterocycles. The van der Waals surface area contributed by atoms with E-state index in [0.29, 0.717) is 16.8 Å². The Morgan fingerprint density at radius 2 is 1.93 bits per heavy atom. The summed E-state index contributed by atoms with van der Waals surface area (Å²) in [5.41, 5.74) is 2.65. The quantitative estimate of drug-likeness (QED) is 0.819. The van der Waals surface area contributed by atoms with Crippen LogP contribution < -0.4 is 5.32 Å². The van der Waals surface area contributed by atoms with E-state index in [4.69, 9.17) is 4.84 Å². The number of nitrogens with zero attached hydrogens (tertiary/aromatic N) is 1. The Bertz CT molecular complexity index is 971. The van der Waals surface area contributed by atoms with E-state index in [1.54, 1.807) is 36.4 Å². The van der Waals surface area contributed by atoms with Crippen LogP contribution in [0.15, 0.2) is 53.7 Å². The lowest BCUT2D eigenvalue weighted by molar-refractivity contribution is -0.131. The fraction of sp³-hybridized carbons (Fsp3) is 0.263. The van der Waals surface area contributed by atoms with Crippen molar-refractivity contribution in [2.24, 2.45) is 5.16 Å². The predicted octanol–water partition coefficient (Wildman–Crippen LogP) is 2.18. The molecule has 0 unspecified atom stereocenters. The zero-order chi connectivity index (χ0) is 19.4. The number of hydrogen-bond donors (Lipinski definition) is 1. The van der Waals surface area contributed by atoms with E-state index in [1.165, 1.54) is 18.4 Å². The highest BCUT2D eigenvalue weighted by Crippen LogP contribution is 2.18. The molecule has 0 saturated carbocycles. The van der Waals surface area contributed by atoms with E-state index in [-0.39, 0.29) is 30.4 Å². The van der Waals surface area contributed by atoms with Crippen LogP contribution in [0.1, 0.15) is 23.1 Å². The van der Waals surface area contributed by atoms with Crippen molar-refractivity contribution in [2.45, 2.75) is 24.8 Å². The molecule has 6 nitrogen and oxygen atoms in total. The first kappa shape index (κ1) is 19.0. The Morgan fingerprint density at radius 1 is 1.22 bits per heavy atom. The molecule has 0 aliphatic carbocycles. The first-order valence-electron chi connectivity index (χ1n) is 8.32. The average molecular weight is 390 g/mol. The molecule has 0 aromatic heterocycles. The molecule has 1 amide bonds. The second kappa shape index (κ2) is 7.87. The zero-order valence-electron chi connectivity index (χ0n) is 14.7. The van der Waals surface area contributed by atoms with Crippen LogP contribution in [0.4, 0.5) is 4.39 Å². The third-order valence-corrected chi connectivity index (χ3v) is 4.90. The summed E-state index contributed by atoms with van der Waals surface area (Å²) in [5, 5.41) is 6.64. The number of oxime groups is 1. The monoisotopic (exact) mass is 390 g/mol. The van der Waals surface area contributed by atoms with Gasteiger partial charge in [0.15, 0.2) is 9.84 Å². The minimum Gasteiger partial charge on any atom is -0.382 e. The van der Waals surface area contributed by atoms with Crippen molar-refractivity contribution in [1.29, 1.82) is 0 Å². The summed E-state index contributed by atoms with van der Waals surface area (Å²) in [5.74, 6) is -0.705. The fourth-order valence-corrected chi connectivity index (χ4v) is 3.51. The normalized spacial score (nSPS) is 16.5. The number of rotatable bonds is 6. The number of nitrogens with one attached hydrogen (secondary N) is 1. The highest BCUT2D eigenvalue weighted by Gasteiger charge is 2.28. The van der Waals surface area contributed by atoms with Crippen LogP contribution in [-0.2, 0) is 31.8 Å². The number of sulfone groups is 1. The van der Waals surface area contributed by atoms with Crippen LogP contribution in [-0.4, -0.2) is 32.4 Å². The first-order chi connectivity index (χ1) is 12.8. The Morgan fingerprint density at radius 3 is 2.59 bits per heavy atom. The second-order valence-corrected chi connectivity index (χ2v) is 8.59. The van der Waals surface area contributed by atoms with E-state index in [9.17, 15) is 17.6 Å². The van der Waals surface area contributed by atoms with Gasteiger partial charge in [-0.05, 0) is 23.3 Å². The third kappa shape index (κ3) is 5.37. The maximum Gasteiger partial charge on any atom is 0.264 e. The number of benzene rings is 2. The van der Waals surface area contributed by atoms with Gasteiger partial charge < -0.3 is 10.2 Å². The summed E-state index contributed by atoms with van der Waals surface area (Å²) in [6, 6.07) is 13.0. The molecule has 0 bridgehead atoms. The Kier molecular flexibility index (Phi) is 5.55. The molecule has 142 valence electrons. The molecule has 1 aliphatic rings. The number of hydrogen-bond acceptors (Lipinski definition) is 5. The van der Waals surface area contributed by atoms with E-state index < -0.39 is 15.9 Å². The molecule has 2 aromatic carbocycles. The van der Waals surface area contributed by atoms with Crippen molar-refractivity contribution in [3.63, 3.8) is 0 Å². The Hall–Kier alpha value is -2.74. The van der Waals surface area contributed by atoms with Crippen molar-refractivity contribution in [1.82, 2.24) is 5.32 Å². The lowest BCUT2D eigenvalue weighted by atomic mass is 10.0. The molecule has 0 radical (unpaired) electrons. The van der Waals surface area contributed by atoms with Crippen molar-refractivity contribution < 1.29 is 22.4 Å². The Balaban J connectivity index is 1.52. The molecule has 2 aromatic rings. The molecule has 0 saturated heterocycles. The summed E-state index contributed by atoms with van der Waals surface area (Å²) in [6.07, 6.45) is 0.693. The first-order valence-corrected chi connectivity index (χ1v) is 10.4. The van der Waals surface area contributed by atoms with Gasteiger partial charge in [0.1, 0.15) is 5.82 Å². The summed E-state index contributed by atoms with van der Waals surface area (Å²) >= 11 is 0. The smallest absolute Gasteiger partial charge is 0.264 e. The second-order valence-electron chi connectivity index (χ2n) is 6.45. The molecule has 8 heteroatoms. The van der Waals surface area contributed by atoms with E-state index in [2.05, 4.69) is 10.5 Å². The number of amides is 1. The number of carbonyl (C=O) groups excluding carboxylic acids is 1. The van der Waals surface area contributed by atoms with Gasteiger partial charge >= 0.3 is 0 Å². The molecule has 1 aliphatic heterocycles. The minimum absolute atomic E-state index is 0.0181. The van der Waals surface area contributed by atoms with Gasteiger partial charge in [0.05, 0.1) is 11.5 Å². The lowest BCUT2D eigenvalue weighted by Gasteiger charge is -2.10. The van der Waals surface area contributed by atoms with Crippen LogP contribution in [0.2, 0.25) is 0 Å². The van der Waals surface area contributed by atoms with Gasteiger partial charge in [-0.25, -0.2) is 12.8 Å². The van der Waals surface area contributed by atoms with Crippen molar-refractivity contribution in [3.8, 4) is 0 Å². The average Bonchev–Trinajstić information content (AvgIpc) is 3.10. The number of halogens is 1. The number of carbonyl (C=O) groups is 1. The zero-order valence-corrected chi connectivity index (χ0v) is 15.5. The topological polar surface area (TPSA) is 84.8 Å². The lowest BCUT2D eigenvalue weighted by Crippen LogP contribution is -2.34. The molecular weight excluding hydrogens is 371 g/mol. The molecule has 3 rings (SSSR count). The predicted molar refractivity (Wildman–Crippen MR) is 99.3 cm³/mol. The third-order valence-electron chi connectivity index (χ3n) is 4.04. The van der Waals surface area contributed by atoms with Crippen LogP contribution >= 0.6 is 0 Å². The van der Waals surface area contributed by atoms with Crippen LogP contribution in [0.5, 0.6) is 0 Å². The maximum absolute atomic E-state index is 13.3. The van der Waals surface area contributed by atoms with E-state index >= 15 is 0 Å². The summed E-state index contributed by atoms with van der Waals surface area (Å²) in [7, 11) is -3.08. The van der Waals surface area contributed by atoms with E-state index in [0.717, 1.165) is 5.56 Å². The van der Waals surface area contributed by atoms with Gasteiger partial charge in [0.2, 0.25) is 6.10 Å². The molecule has 27 heavy (non-hydrogen) atoms. The molecule has 1 N–H and O–H groups in total. The van der Waals surface area contributed by atoms with Crippen LogP contribution in [0, 0.1) is 5.82 Å². The van der Waals surface area contributed by atoms with E-state index in [1.807, 2.05) is 0 Å². The fourth-order valence-electron chi connectivity index (χ4n) is 2.72. The summed E-state index contributed by atoms with van der Waals surface area (Å²) < 4.78 is 35.9. The van der Waals surface area contributed by atoms with Crippen LogP contribution in [0.25, 0.3) is 0 Å². The molecule has 0 spiro atoms. The molecule has 1 atom stereocenters. The molecular formula is C19H19FN2O4S. The van der Waals surface area contributed by atoms with Gasteiger partial charge in [-0.15, -0.1) is 0 Å². The highest BCUT2D eigenvalue weighted by molar-refractivity contribution is 7.89. The largest absolute Gasteiger partial charge is 0.382 e. The van der Waals surface area contributed by atoms with Gasteiger partial charge in [-0.3, -0.25) is 4.79 Å². The van der Waals surface area contributed by atoms with Crippen molar-refractivity contribution >= 4 is 21.5 Å². The van der Waals surface area contributed by atoms with Gasteiger partial charge in [0.25, 0.3) is 5.91 Å². The summed E-state index contributed by atoms with van der Waals surface area (Å²) in [6.45, 7) is 0.285. The van der Waals surface area contributed by atoms with Crippen molar-refractivity contribution in [3.05, 3.63) is 71.0 Å². The SMILES string of the molecule is CS(=O)(=O)Cc1ccc(CNC(=O)[C@H]2CC(c3cccc(F)c3)=NO2)cc1. The minimum atomic E-state index is -3.08. The van der Waals surface area contributed by atoms with Crippen molar-refractivity contribution in [2.75, 3.05) is 6.26 Å². The molecule has 0 fully saturated rings. The van der Waals surface area contributed by atoms with Gasteiger partial charge in [0, 0.05) is 24.8 Å². The van der Waals surface area contributed by atoms with Gasteiger partial charge in [-0.1, -0.05) is 41.6 Å². The highest BCUT2D eigenvalue weighted by atomic mass is 32.2. The summed E-state index contributed by atoms with van der Waals surface area (Å²) in [4.78, 5) is 17.4. The van der Waals surface area contributed by atoms with Crippen LogP contribution in [0.3, 0.4) is 0 Å². The van der Waals surface area contributed by atoms with Gasteiger partial charge in [-0.2, -0.15) is 0 Å². The maximum atomic E-state index is 13.3. The Labute approximate surface area is 157 Å². The standard InChI is InChI=1S/C19H19FN2O4S/c1-27(24,25)12-14-7-5-13(6-8-14)11-21-19(23)18-10-17(22-26-18)15-3-2-4-16(20)9-15/h2-9,18H,10-12H2,1H3,(H,21,23)/t18-/m1/s1.